The van der Waals surface area contributed by atoms with E-state index in [4.69, 9.17) is 5.11 Å². The number of nitrogens with zero attached hydrogens (tertiary/aromatic N) is 2. The number of carbonyl (C=O) groups is 1. The summed E-state index contributed by atoms with van der Waals surface area (Å²) in [6.07, 6.45) is 1.59. The number of carbonyl (C=O) groups excluding carboxylic acids is 1. The van der Waals surface area contributed by atoms with Crippen molar-refractivity contribution in [2.24, 2.45) is 0 Å². The molecule has 1 saturated heterocycles. The lowest BCUT2D eigenvalue weighted by Crippen LogP contribution is -2.36. The van der Waals surface area contributed by atoms with E-state index in [-0.39, 0.29) is 12.5 Å². The van der Waals surface area contributed by atoms with Crippen LogP contribution in [0.1, 0.15) is 12.8 Å². The normalized spacial score (nSPS) is 18.5. The van der Waals surface area contributed by atoms with Gasteiger partial charge in [-0.05, 0) is 20.0 Å². The van der Waals surface area contributed by atoms with Crippen molar-refractivity contribution >= 4 is 5.91 Å². The fourth-order valence-corrected chi connectivity index (χ4v) is 1.98. The van der Waals surface area contributed by atoms with Crippen LogP contribution in [0.5, 0.6) is 0 Å². The molecule has 1 amide bonds. The summed E-state index contributed by atoms with van der Waals surface area (Å²) in [5.74, 6) is 0.236. The zero-order valence-electron chi connectivity index (χ0n) is 10.1. The molecule has 1 aliphatic heterocycles. The molecule has 0 radical (unpaired) electrons. The van der Waals surface area contributed by atoms with Crippen LogP contribution in [0.4, 0.5) is 0 Å². The highest BCUT2D eigenvalue weighted by molar-refractivity contribution is 5.76. The summed E-state index contributed by atoms with van der Waals surface area (Å²) in [5.41, 5.74) is 0. The number of hydrogen-bond acceptors (Lipinski definition) is 4. The van der Waals surface area contributed by atoms with Gasteiger partial charge in [-0.1, -0.05) is 0 Å². The van der Waals surface area contributed by atoms with Crippen LogP contribution < -0.4 is 5.32 Å². The number of rotatable bonds is 5. The molecule has 1 heterocycles. The van der Waals surface area contributed by atoms with Gasteiger partial charge in [-0.15, -0.1) is 0 Å². The minimum absolute atomic E-state index is 0.202. The summed E-state index contributed by atoms with van der Waals surface area (Å²) < 4.78 is 0. The second-order valence-corrected chi connectivity index (χ2v) is 4.15. The molecule has 0 atom stereocenters. The minimum atomic E-state index is 0.202. The van der Waals surface area contributed by atoms with Crippen LogP contribution in [-0.2, 0) is 4.79 Å². The average molecular weight is 229 g/mol. The van der Waals surface area contributed by atoms with Crippen LogP contribution in [0.2, 0.25) is 0 Å². The fraction of sp³-hybridized carbons (Fsp3) is 0.909. The van der Waals surface area contributed by atoms with Crippen molar-refractivity contribution < 1.29 is 9.90 Å². The molecule has 0 unspecified atom stereocenters. The molecule has 0 spiro atoms. The summed E-state index contributed by atoms with van der Waals surface area (Å²) in [4.78, 5) is 15.9. The number of nitrogens with one attached hydrogen (secondary N) is 1. The quantitative estimate of drug-likeness (QED) is 0.643. The molecule has 94 valence electrons. The van der Waals surface area contributed by atoms with Crippen molar-refractivity contribution in [3.8, 4) is 0 Å². The molecular weight excluding hydrogens is 206 g/mol. The van der Waals surface area contributed by atoms with E-state index < -0.39 is 0 Å². The number of hydrogen-bond donors (Lipinski definition) is 2. The lowest BCUT2D eigenvalue weighted by Gasteiger charge is -2.21. The van der Waals surface area contributed by atoms with E-state index in [9.17, 15) is 4.79 Å². The predicted molar refractivity (Wildman–Crippen MR) is 63.3 cm³/mol. The first-order valence-corrected chi connectivity index (χ1v) is 6.03. The lowest BCUT2D eigenvalue weighted by molar-refractivity contribution is -0.130. The van der Waals surface area contributed by atoms with Crippen LogP contribution in [-0.4, -0.2) is 73.7 Å². The lowest BCUT2D eigenvalue weighted by atomic mass is 10.3. The summed E-state index contributed by atoms with van der Waals surface area (Å²) >= 11 is 0. The predicted octanol–water partition coefficient (Wildman–Crippen LogP) is -0.877. The molecule has 5 heteroatoms. The van der Waals surface area contributed by atoms with Crippen molar-refractivity contribution in [2.45, 2.75) is 12.8 Å². The smallest absolute Gasteiger partial charge is 0.223 e. The summed E-state index contributed by atoms with van der Waals surface area (Å²) in [6, 6.07) is 0. The van der Waals surface area contributed by atoms with Crippen LogP contribution in [0, 0.1) is 0 Å². The van der Waals surface area contributed by atoms with Gasteiger partial charge in [0, 0.05) is 39.1 Å². The van der Waals surface area contributed by atoms with Gasteiger partial charge >= 0.3 is 0 Å². The Balaban J connectivity index is 2.31. The molecular formula is C11H23N3O2. The van der Waals surface area contributed by atoms with Gasteiger partial charge in [-0.2, -0.15) is 0 Å². The van der Waals surface area contributed by atoms with Gasteiger partial charge in [0.15, 0.2) is 0 Å². The molecule has 0 aromatic carbocycles. The third-order valence-corrected chi connectivity index (χ3v) is 2.95. The fourth-order valence-electron chi connectivity index (χ4n) is 1.98. The maximum atomic E-state index is 11.8. The Morgan fingerprint density at radius 3 is 2.81 bits per heavy atom. The number of aliphatic hydroxyl groups excluding tert-OH is 1. The molecule has 2 N–H and O–H groups in total. The molecule has 0 aromatic heterocycles. The second-order valence-electron chi connectivity index (χ2n) is 4.15. The molecule has 1 aliphatic rings. The molecule has 5 nitrogen and oxygen atoms in total. The van der Waals surface area contributed by atoms with Gasteiger partial charge in [0.1, 0.15) is 0 Å². The molecule has 1 rings (SSSR count). The van der Waals surface area contributed by atoms with Gasteiger partial charge in [-0.3, -0.25) is 9.69 Å². The summed E-state index contributed by atoms with van der Waals surface area (Å²) in [7, 11) is 1.86. The minimum Gasteiger partial charge on any atom is -0.395 e. The molecule has 0 aliphatic carbocycles. The van der Waals surface area contributed by atoms with E-state index in [0.29, 0.717) is 6.42 Å². The highest BCUT2D eigenvalue weighted by Gasteiger charge is 2.17. The van der Waals surface area contributed by atoms with Crippen LogP contribution in [0.25, 0.3) is 0 Å². The van der Waals surface area contributed by atoms with E-state index >= 15 is 0 Å². The second kappa shape index (κ2) is 7.60. The van der Waals surface area contributed by atoms with Crippen LogP contribution in [0.15, 0.2) is 0 Å². The van der Waals surface area contributed by atoms with Crippen molar-refractivity contribution in [1.29, 1.82) is 0 Å². The monoisotopic (exact) mass is 229 g/mol. The van der Waals surface area contributed by atoms with Crippen molar-refractivity contribution in [2.75, 3.05) is 52.9 Å². The van der Waals surface area contributed by atoms with E-state index in [2.05, 4.69) is 10.2 Å². The van der Waals surface area contributed by atoms with E-state index in [1.54, 1.807) is 0 Å². The maximum absolute atomic E-state index is 11.8. The van der Waals surface area contributed by atoms with Crippen molar-refractivity contribution in [3.05, 3.63) is 0 Å². The van der Waals surface area contributed by atoms with E-state index in [1.165, 1.54) is 0 Å². The first-order chi connectivity index (χ1) is 7.77. The van der Waals surface area contributed by atoms with Crippen LogP contribution >= 0.6 is 0 Å². The number of aliphatic hydroxyl groups is 1. The van der Waals surface area contributed by atoms with Gasteiger partial charge in [0.25, 0.3) is 0 Å². The summed E-state index contributed by atoms with van der Waals surface area (Å²) in [6.45, 7) is 5.18. The van der Waals surface area contributed by atoms with Crippen LogP contribution in [0.3, 0.4) is 0 Å². The van der Waals surface area contributed by atoms with Gasteiger partial charge in [-0.25, -0.2) is 0 Å². The third kappa shape index (κ3) is 4.47. The Hall–Kier alpha value is -0.650. The largest absolute Gasteiger partial charge is 0.395 e. The van der Waals surface area contributed by atoms with Crippen molar-refractivity contribution in [3.63, 3.8) is 0 Å². The number of amides is 1. The Kier molecular flexibility index (Phi) is 6.37. The Bertz CT molecular complexity index is 211. The Morgan fingerprint density at radius 2 is 2.12 bits per heavy atom. The zero-order valence-corrected chi connectivity index (χ0v) is 10.1. The van der Waals surface area contributed by atoms with E-state index in [0.717, 1.165) is 45.7 Å². The van der Waals surface area contributed by atoms with Gasteiger partial charge in [0.05, 0.1) is 6.61 Å². The molecule has 0 saturated carbocycles. The Labute approximate surface area is 97.4 Å². The SMILES string of the molecule is CNCCC(=O)N1CCCN(CCO)CC1. The molecule has 0 bridgehead atoms. The highest BCUT2D eigenvalue weighted by Crippen LogP contribution is 2.04. The third-order valence-electron chi connectivity index (χ3n) is 2.95. The highest BCUT2D eigenvalue weighted by atomic mass is 16.3. The summed E-state index contributed by atoms with van der Waals surface area (Å²) in [5, 5.41) is 11.9. The van der Waals surface area contributed by atoms with Gasteiger partial charge in [0.2, 0.25) is 5.91 Å². The average Bonchev–Trinajstić information content (AvgIpc) is 2.52. The van der Waals surface area contributed by atoms with E-state index in [1.807, 2.05) is 11.9 Å². The molecule has 1 fully saturated rings. The Morgan fingerprint density at radius 1 is 1.31 bits per heavy atom. The molecule has 16 heavy (non-hydrogen) atoms. The first kappa shape index (κ1) is 13.4. The first-order valence-electron chi connectivity index (χ1n) is 6.03. The molecule has 0 aromatic rings. The number of β-amino-alcohol motifs (C(OH)–C–C–N with tert-alkyl or cyclic N) is 1. The maximum Gasteiger partial charge on any atom is 0.223 e. The van der Waals surface area contributed by atoms with Crippen molar-refractivity contribution in [1.82, 2.24) is 15.1 Å². The standard InChI is InChI=1S/C11H23N3O2/c1-12-4-3-11(16)14-6-2-5-13(7-8-14)9-10-15/h12,15H,2-10H2,1H3. The zero-order chi connectivity index (χ0) is 11.8. The van der Waals surface area contributed by atoms with Gasteiger partial charge < -0.3 is 15.3 Å². The topological polar surface area (TPSA) is 55.8 Å².